The molecule has 0 aliphatic carbocycles. The minimum absolute atomic E-state index is 0.869. The van der Waals surface area contributed by atoms with Crippen LogP contribution in [-0.2, 0) is 0 Å². The van der Waals surface area contributed by atoms with Gasteiger partial charge >= 0.3 is 0 Å². The monoisotopic (exact) mass is 677 g/mol. The average Bonchev–Trinajstić information content (AvgIpc) is 3.58. The van der Waals surface area contributed by atoms with Crippen molar-refractivity contribution >= 4 is 32.6 Å². The van der Waals surface area contributed by atoms with Gasteiger partial charge in [-0.1, -0.05) is 84.9 Å². The van der Waals surface area contributed by atoms with E-state index in [0.717, 1.165) is 78.1 Å². The Hall–Kier alpha value is -7.24. The maximum absolute atomic E-state index is 5.19. The van der Waals surface area contributed by atoms with Crippen molar-refractivity contribution in [3.63, 3.8) is 0 Å². The number of hydrogen-bond acceptors (Lipinski definition) is 4. The van der Waals surface area contributed by atoms with Crippen LogP contribution in [0.2, 0.25) is 0 Å². The Morgan fingerprint density at radius 2 is 1.04 bits per heavy atom. The molecule has 0 saturated carbocycles. The summed E-state index contributed by atoms with van der Waals surface area (Å²) in [4.78, 5) is 18.7. The van der Waals surface area contributed by atoms with Crippen LogP contribution in [0.15, 0.2) is 189 Å². The average molecular weight is 678 g/mol. The van der Waals surface area contributed by atoms with E-state index in [2.05, 4.69) is 154 Å². The molecule has 53 heavy (non-hydrogen) atoms. The fourth-order valence-electron chi connectivity index (χ4n) is 7.33. The summed E-state index contributed by atoms with van der Waals surface area (Å²) in [5.74, 6) is 0. The van der Waals surface area contributed by atoms with Crippen LogP contribution in [0.1, 0.15) is 0 Å². The molecule has 0 unspecified atom stereocenters. The van der Waals surface area contributed by atoms with Gasteiger partial charge in [-0.05, 0) is 106 Å². The predicted octanol–water partition coefficient (Wildman–Crippen LogP) is 11.9. The van der Waals surface area contributed by atoms with Gasteiger partial charge in [0.15, 0.2) is 0 Å². The number of rotatable bonds is 6. The second-order valence-corrected chi connectivity index (χ2v) is 13.2. The zero-order chi connectivity index (χ0) is 35.1. The van der Waals surface area contributed by atoms with Crippen molar-refractivity contribution in [3.05, 3.63) is 189 Å². The van der Waals surface area contributed by atoms with Gasteiger partial charge in [-0.15, -0.1) is 0 Å². The van der Waals surface area contributed by atoms with Crippen LogP contribution >= 0.6 is 0 Å². The first-order valence-electron chi connectivity index (χ1n) is 17.7. The van der Waals surface area contributed by atoms with E-state index in [1.165, 1.54) is 16.2 Å². The number of benzene rings is 5. The van der Waals surface area contributed by atoms with Crippen molar-refractivity contribution in [2.24, 2.45) is 0 Å². The Labute approximate surface area is 306 Å². The lowest BCUT2D eigenvalue weighted by molar-refractivity contribution is 1.17. The Morgan fingerprint density at radius 3 is 1.83 bits per heavy atom. The molecule has 0 N–H and O–H groups in total. The molecular weight excluding hydrogens is 647 g/mol. The number of nitrogens with zero attached hydrogens (tertiary/aromatic N) is 5. The van der Waals surface area contributed by atoms with Crippen molar-refractivity contribution in [1.29, 1.82) is 0 Å². The molecule has 248 valence electrons. The number of para-hydroxylation sites is 1. The van der Waals surface area contributed by atoms with E-state index in [1.54, 1.807) is 6.20 Å². The number of pyridine rings is 4. The van der Waals surface area contributed by atoms with E-state index >= 15 is 0 Å². The van der Waals surface area contributed by atoms with Crippen LogP contribution in [0, 0.1) is 0 Å². The van der Waals surface area contributed by atoms with Gasteiger partial charge in [0.25, 0.3) is 0 Å². The molecule has 0 radical (unpaired) electrons. The molecule has 5 heterocycles. The summed E-state index contributed by atoms with van der Waals surface area (Å²) in [5.41, 5.74) is 13.6. The summed E-state index contributed by atoms with van der Waals surface area (Å²) in [5, 5.41) is 4.71. The second-order valence-electron chi connectivity index (χ2n) is 13.2. The van der Waals surface area contributed by atoms with Crippen LogP contribution in [0.25, 0.3) is 94.3 Å². The fraction of sp³-hybridized carbons (Fsp3) is 0. The molecule has 0 bridgehead atoms. The maximum Gasteiger partial charge on any atom is 0.0731 e. The summed E-state index contributed by atoms with van der Waals surface area (Å²) >= 11 is 0. The molecule has 10 aromatic rings. The Kier molecular flexibility index (Phi) is 7.40. The SMILES string of the molecule is c1ccc(-n2c3ccncc3c3cc(-c4ccc(-c5cc(-c6ccc(-c7cccnc7)nc6)nc(-c6ccc7ccccc7c6)c5)cc4)ccc32)cc1. The Morgan fingerprint density at radius 1 is 0.358 bits per heavy atom. The molecule has 5 aromatic carbocycles. The van der Waals surface area contributed by atoms with Gasteiger partial charge < -0.3 is 4.57 Å². The van der Waals surface area contributed by atoms with Gasteiger partial charge in [0, 0.05) is 64.1 Å². The first-order valence-corrected chi connectivity index (χ1v) is 17.7. The molecule has 0 fully saturated rings. The lowest BCUT2D eigenvalue weighted by Gasteiger charge is -2.12. The van der Waals surface area contributed by atoms with Crippen molar-refractivity contribution in [1.82, 2.24) is 24.5 Å². The Bertz CT molecular complexity index is 2920. The summed E-state index contributed by atoms with van der Waals surface area (Å²) in [6.07, 6.45) is 9.35. The maximum atomic E-state index is 5.19. The van der Waals surface area contributed by atoms with E-state index in [4.69, 9.17) is 9.97 Å². The van der Waals surface area contributed by atoms with Crippen molar-refractivity contribution in [2.45, 2.75) is 0 Å². The molecule has 5 aromatic heterocycles. The molecule has 5 nitrogen and oxygen atoms in total. The van der Waals surface area contributed by atoms with Gasteiger partial charge in [-0.2, -0.15) is 0 Å². The molecule has 0 aliphatic heterocycles. The van der Waals surface area contributed by atoms with Crippen LogP contribution in [0.4, 0.5) is 0 Å². The third-order valence-electron chi connectivity index (χ3n) is 10.0. The minimum Gasteiger partial charge on any atom is -0.309 e. The van der Waals surface area contributed by atoms with Crippen molar-refractivity contribution in [3.8, 4) is 61.7 Å². The molecule has 5 heteroatoms. The predicted molar refractivity (Wildman–Crippen MR) is 217 cm³/mol. The first kappa shape index (κ1) is 30.6. The second kappa shape index (κ2) is 12.8. The molecule has 0 aliphatic rings. The van der Waals surface area contributed by atoms with Crippen LogP contribution in [-0.4, -0.2) is 24.5 Å². The van der Waals surface area contributed by atoms with E-state index in [-0.39, 0.29) is 0 Å². The van der Waals surface area contributed by atoms with Crippen LogP contribution in [0.3, 0.4) is 0 Å². The molecule has 0 atom stereocenters. The first-order chi connectivity index (χ1) is 26.2. The van der Waals surface area contributed by atoms with E-state index in [9.17, 15) is 0 Å². The van der Waals surface area contributed by atoms with E-state index < -0.39 is 0 Å². The summed E-state index contributed by atoms with van der Waals surface area (Å²) in [6, 6.07) is 55.6. The van der Waals surface area contributed by atoms with Crippen LogP contribution < -0.4 is 0 Å². The van der Waals surface area contributed by atoms with Gasteiger partial charge in [-0.3, -0.25) is 15.0 Å². The highest BCUT2D eigenvalue weighted by Gasteiger charge is 2.15. The zero-order valence-corrected chi connectivity index (χ0v) is 28.6. The van der Waals surface area contributed by atoms with Gasteiger partial charge in [0.1, 0.15) is 0 Å². The quantitative estimate of drug-likeness (QED) is 0.176. The zero-order valence-electron chi connectivity index (χ0n) is 28.6. The van der Waals surface area contributed by atoms with Crippen molar-refractivity contribution < 1.29 is 0 Å². The van der Waals surface area contributed by atoms with Crippen LogP contribution in [0.5, 0.6) is 0 Å². The minimum atomic E-state index is 0.869. The lowest BCUT2D eigenvalue weighted by Crippen LogP contribution is -1.93. The van der Waals surface area contributed by atoms with E-state index in [1.807, 2.05) is 43.0 Å². The fourth-order valence-corrected chi connectivity index (χ4v) is 7.33. The highest BCUT2D eigenvalue weighted by atomic mass is 15.0. The number of fused-ring (bicyclic) bond motifs is 4. The number of aromatic nitrogens is 5. The van der Waals surface area contributed by atoms with Crippen molar-refractivity contribution in [2.75, 3.05) is 0 Å². The lowest BCUT2D eigenvalue weighted by atomic mass is 9.96. The standard InChI is InChI=1S/C48H31N5/c1-2-10-41(11-3-1)53-47-21-19-36(26-42(47)43-31-50-24-22-48(43)53)33-12-14-34(15-13-33)40-27-45(37-17-16-32-7-4-5-8-35(32)25-37)52-46(28-40)39-18-20-44(51-30-39)38-9-6-23-49-29-38/h1-31H. The van der Waals surface area contributed by atoms with Gasteiger partial charge in [0.05, 0.1) is 28.1 Å². The number of hydrogen-bond donors (Lipinski definition) is 0. The summed E-state index contributed by atoms with van der Waals surface area (Å²) < 4.78 is 2.31. The molecule has 0 amide bonds. The third kappa shape index (κ3) is 5.61. The summed E-state index contributed by atoms with van der Waals surface area (Å²) in [7, 11) is 0. The molecule has 10 rings (SSSR count). The highest BCUT2D eigenvalue weighted by molar-refractivity contribution is 6.10. The van der Waals surface area contributed by atoms with E-state index in [0.29, 0.717) is 0 Å². The Balaban J connectivity index is 1.05. The topological polar surface area (TPSA) is 56.5 Å². The highest BCUT2D eigenvalue weighted by Crippen LogP contribution is 2.36. The molecular formula is C48H31N5. The normalized spacial score (nSPS) is 11.4. The smallest absolute Gasteiger partial charge is 0.0731 e. The molecule has 0 spiro atoms. The summed E-state index contributed by atoms with van der Waals surface area (Å²) in [6.45, 7) is 0. The third-order valence-corrected chi connectivity index (χ3v) is 10.0. The van der Waals surface area contributed by atoms with Gasteiger partial charge in [-0.25, -0.2) is 4.98 Å². The largest absolute Gasteiger partial charge is 0.309 e. The van der Waals surface area contributed by atoms with Gasteiger partial charge in [0.2, 0.25) is 0 Å². The molecule has 0 saturated heterocycles.